The number of hydrogen-bond acceptors (Lipinski definition) is 4. The first kappa shape index (κ1) is 11.7. The summed E-state index contributed by atoms with van der Waals surface area (Å²) in [4.78, 5) is 50.4. The van der Waals surface area contributed by atoms with Crippen molar-refractivity contribution in [2.75, 3.05) is 0 Å². The topological polar surface area (TPSA) is 131 Å². The van der Waals surface area contributed by atoms with Gasteiger partial charge in [-0.3, -0.25) is 24.7 Å². The maximum absolute atomic E-state index is 10.9. The molecule has 0 spiro atoms. The van der Waals surface area contributed by atoms with Crippen molar-refractivity contribution >= 4 is 16.9 Å². The van der Waals surface area contributed by atoms with Crippen LogP contribution < -0.4 is 16.9 Å². The number of nitrogens with one attached hydrogen (secondary N) is 4. The van der Waals surface area contributed by atoms with Gasteiger partial charge in [-0.1, -0.05) is 0 Å². The molecule has 2 heterocycles. The van der Waals surface area contributed by atoms with Crippen LogP contribution in [0.4, 0.5) is 0 Å². The van der Waals surface area contributed by atoms with Crippen LogP contribution in [0.1, 0.15) is 13.8 Å². The van der Waals surface area contributed by atoms with Crippen molar-refractivity contribution in [2.24, 2.45) is 0 Å². The molecule has 4 N–H and O–H groups in total. The van der Waals surface area contributed by atoms with Gasteiger partial charge in [0.05, 0.1) is 0 Å². The lowest BCUT2D eigenvalue weighted by molar-refractivity contribution is -0.114. The Morgan fingerprint density at radius 1 is 0.875 bits per heavy atom. The van der Waals surface area contributed by atoms with Crippen LogP contribution >= 0.6 is 0 Å². The average Bonchev–Trinajstić information content (AvgIpc) is 2.44. The van der Waals surface area contributed by atoms with E-state index < -0.39 is 16.9 Å². The van der Waals surface area contributed by atoms with E-state index in [0.717, 1.165) is 0 Å². The predicted molar refractivity (Wildman–Crippen MR) is 56.5 cm³/mol. The third-order valence-electron chi connectivity index (χ3n) is 1.42. The Hall–Kier alpha value is -2.38. The highest BCUT2D eigenvalue weighted by Gasteiger charge is 2.02. The van der Waals surface area contributed by atoms with Gasteiger partial charge in [0.2, 0.25) is 0 Å². The van der Waals surface area contributed by atoms with E-state index in [4.69, 9.17) is 0 Å². The van der Waals surface area contributed by atoms with E-state index in [0.29, 0.717) is 0 Å². The van der Waals surface area contributed by atoms with Gasteiger partial charge in [0.1, 0.15) is 16.9 Å². The second kappa shape index (κ2) is 4.43. The van der Waals surface area contributed by atoms with Crippen LogP contribution in [-0.2, 0) is 4.79 Å². The van der Waals surface area contributed by atoms with E-state index in [2.05, 4.69) is 15.0 Å². The summed E-state index contributed by atoms with van der Waals surface area (Å²) in [6.45, 7) is 3.06. The summed E-state index contributed by atoms with van der Waals surface area (Å²) in [5, 5.41) is 0. The third-order valence-corrected chi connectivity index (χ3v) is 1.42. The van der Waals surface area contributed by atoms with Gasteiger partial charge in [0.15, 0.2) is 0 Å². The molecule has 2 aromatic rings. The van der Waals surface area contributed by atoms with Crippen LogP contribution in [-0.4, -0.2) is 25.7 Å². The summed E-state index contributed by atoms with van der Waals surface area (Å²) in [6.07, 6.45) is 0. The number of fused-ring (bicyclic) bond motifs is 1. The fraction of sp³-hybridized carbons (Fsp3) is 0.250. The minimum absolute atomic E-state index is 0.0413. The van der Waals surface area contributed by atoms with Crippen LogP contribution in [0, 0.1) is 0 Å². The molecular formula is C8H10N4O4. The first-order valence-corrected chi connectivity index (χ1v) is 4.32. The van der Waals surface area contributed by atoms with Crippen molar-refractivity contribution in [3.8, 4) is 0 Å². The lowest BCUT2D eigenvalue weighted by Crippen LogP contribution is -2.21. The Bertz CT molecular complexity index is 667. The van der Waals surface area contributed by atoms with Gasteiger partial charge in [0, 0.05) is 0 Å². The number of imidazole rings is 1. The van der Waals surface area contributed by atoms with Crippen LogP contribution in [0.15, 0.2) is 14.4 Å². The lowest BCUT2D eigenvalue weighted by atomic mass is 10.5. The smallest absolute Gasteiger partial charge is 0.300 e. The molecule has 2 aromatic heterocycles. The molecule has 86 valence electrons. The van der Waals surface area contributed by atoms with Gasteiger partial charge in [-0.15, -0.1) is 0 Å². The summed E-state index contributed by atoms with van der Waals surface area (Å²) in [5.41, 5.74) is -1.65. The standard InChI is InChI=1S/C5H4N4O3.C3H6O/c10-3-1-2(7-4(11)6-1)8-5(12)9-3;1-3(2)4/h(H4,6,7,8,9,10,11,12);1-2H3. The van der Waals surface area contributed by atoms with Crippen molar-refractivity contribution in [3.63, 3.8) is 0 Å². The summed E-state index contributed by atoms with van der Waals surface area (Å²) in [6, 6.07) is 0. The van der Waals surface area contributed by atoms with Crippen molar-refractivity contribution in [1.29, 1.82) is 0 Å². The first-order valence-electron chi connectivity index (χ1n) is 4.32. The van der Waals surface area contributed by atoms with Gasteiger partial charge >= 0.3 is 11.4 Å². The summed E-state index contributed by atoms with van der Waals surface area (Å²) in [5.74, 6) is 0.167. The summed E-state index contributed by atoms with van der Waals surface area (Å²) in [7, 11) is 0. The molecule has 0 aliphatic rings. The number of ketones is 1. The van der Waals surface area contributed by atoms with E-state index in [-0.39, 0.29) is 16.9 Å². The first-order chi connectivity index (χ1) is 7.40. The van der Waals surface area contributed by atoms with E-state index in [1.54, 1.807) is 0 Å². The molecule has 2 rings (SSSR count). The summed E-state index contributed by atoms with van der Waals surface area (Å²) >= 11 is 0. The highest BCUT2D eigenvalue weighted by Crippen LogP contribution is 1.88. The Morgan fingerprint density at radius 3 is 1.81 bits per heavy atom. The van der Waals surface area contributed by atoms with Crippen molar-refractivity contribution in [2.45, 2.75) is 13.8 Å². The zero-order valence-electron chi connectivity index (χ0n) is 8.63. The van der Waals surface area contributed by atoms with Gasteiger partial charge in [-0.25, -0.2) is 9.59 Å². The van der Waals surface area contributed by atoms with E-state index in [1.165, 1.54) is 13.8 Å². The van der Waals surface area contributed by atoms with Gasteiger partial charge in [0.25, 0.3) is 5.56 Å². The molecule has 8 heteroatoms. The zero-order valence-corrected chi connectivity index (χ0v) is 8.63. The number of carbonyl (C=O) groups is 1. The molecular weight excluding hydrogens is 216 g/mol. The van der Waals surface area contributed by atoms with Crippen LogP contribution in [0.3, 0.4) is 0 Å². The Balaban J connectivity index is 0.000000280. The minimum atomic E-state index is -0.650. The molecule has 0 amide bonds. The number of hydrogen-bond donors (Lipinski definition) is 4. The monoisotopic (exact) mass is 226 g/mol. The fourth-order valence-electron chi connectivity index (χ4n) is 0.958. The number of aromatic nitrogens is 4. The van der Waals surface area contributed by atoms with Crippen molar-refractivity contribution in [3.05, 3.63) is 31.3 Å². The number of carbonyl (C=O) groups excluding carboxylic acids is 1. The molecule has 0 aliphatic heterocycles. The molecule has 0 atom stereocenters. The van der Waals surface area contributed by atoms with E-state index in [9.17, 15) is 19.2 Å². The maximum atomic E-state index is 10.9. The van der Waals surface area contributed by atoms with Gasteiger partial charge in [-0.2, -0.15) is 0 Å². The molecule has 0 radical (unpaired) electrons. The quantitative estimate of drug-likeness (QED) is 0.450. The number of aromatic amines is 4. The minimum Gasteiger partial charge on any atom is -0.300 e. The normalized spacial score (nSPS) is 9.62. The third kappa shape index (κ3) is 2.80. The average molecular weight is 226 g/mol. The van der Waals surface area contributed by atoms with Crippen LogP contribution in [0.25, 0.3) is 11.2 Å². The molecule has 0 unspecified atom stereocenters. The van der Waals surface area contributed by atoms with Gasteiger partial charge < -0.3 is 4.79 Å². The molecule has 8 nitrogen and oxygen atoms in total. The second-order valence-electron chi connectivity index (χ2n) is 3.15. The number of H-pyrrole nitrogens is 4. The molecule has 0 bridgehead atoms. The highest BCUT2D eigenvalue weighted by atomic mass is 16.2. The van der Waals surface area contributed by atoms with Crippen molar-refractivity contribution < 1.29 is 4.79 Å². The molecule has 0 saturated carbocycles. The predicted octanol–water partition coefficient (Wildman–Crippen LogP) is -1.17. The lowest BCUT2D eigenvalue weighted by Gasteiger charge is -1.83. The number of Topliss-reactive ketones (excluding diaryl/α,β-unsaturated/α-hetero) is 1. The largest absolute Gasteiger partial charge is 0.327 e. The SMILES string of the molecule is CC(C)=O.O=c1[nH]c(=O)c2[nH]c(=O)[nH]c2[nH]1. The Morgan fingerprint density at radius 2 is 1.31 bits per heavy atom. The molecule has 16 heavy (non-hydrogen) atoms. The molecule has 0 aromatic carbocycles. The van der Waals surface area contributed by atoms with E-state index in [1.807, 2.05) is 4.98 Å². The fourth-order valence-corrected chi connectivity index (χ4v) is 0.958. The molecule has 0 saturated heterocycles. The maximum Gasteiger partial charge on any atom is 0.327 e. The van der Waals surface area contributed by atoms with Gasteiger partial charge in [-0.05, 0) is 13.8 Å². The van der Waals surface area contributed by atoms with E-state index >= 15 is 0 Å². The summed E-state index contributed by atoms with van der Waals surface area (Å²) < 4.78 is 0. The zero-order chi connectivity index (χ0) is 12.3. The second-order valence-corrected chi connectivity index (χ2v) is 3.15. The number of rotatable bonds is 0. The molecule has 0 aliphatic carbocycles. The highest BCUT2D eigenvalue weighted by molar-refractivity contribution is 5.72. The van der Waals surface area contributed by atoms with Crippen molar-refractivity contribution in [1.82, 2.24) is 19.9 Å². The van der Waals surface area contributed by atoms with Crippen LogP contribution in [0.2, 0.25) is 0 Å². The molecule has 0 fully saturated rings. The Kier molecular flexibility index (Phi) is 3.24. The Labute approximate surface area is 87.7 Å². The van der Waals surface area contributed by atoms with Crippen LogP contribution in [0.5, 0.6) is 0 Å².